The second kappa shape index (κ2) is 5.78. The van der Waals surface area contributed by atoms with Crippen LogP contribution in [-0.2, 0) is 25.9 Å². The highest BCUT2D eigenvalue weighted by Crippen LogP contribution is 2.30. The first-order valence-corrected chi connectivity index (χ1v) is 8.11. The number of halogens is 1. The van der Waals surface area contributed by atoms with Gasteiger partial charge in [0.2, 0.25) is 5.95 Å². The van der Waals surface area contributed by atoms with E-state index in [1.165, 1.54) is 28.4 Å². The molecule has 2 aromatic heterocycles. The van der Waals surface area contributed by atoms with E-state index in [9.17, 15) is 4.39 Å². The fourth-order valence-corrected chi connectivity index (χ4v) is 3.63. The second-order valence-electron chi connectivity index (χ2n) is 6.29. The Hall–Kier alpha value is -2.20. The van der Waals surface area contributed by atoms with Crippen LogP contribution in [0.15, 0.2) is 42.6 Å². The van der Waals surface area contributed by atoms with E-state index in [2.05, 4.69) is 45.8 Å². The van der Waals surface area contributed by atoms with Crippen molar-refractivity contribution in [3.63, 3.8) is 0 Å². The highest BCUT2D eigenvalue weighted by atomic mass is 19.1. The average Bonchev–Trinajstić information content (AvgIpc) is 2.88. The summed E-state index contributed by atoms with van der Waals surface area (Å²) in [5.74, 6) is -0.349. The van der Waals surface area contributed by atoms with Crippen molar-refractivity contribution in [3.8, 4) is 0 Å². The third-order valence-electron chi connectivity index (χ3n) is 4.79. The largest absolute Gasteiger partial charge is 0.344 e. The Morgan fingerprint density at radius 3 is 2.91 bits per heavy atom. The van der Waals surface area contributed by atoms with Gasteiger partial charge >= 0.3 is 0 Å². The van der Waals surface area contributed by atoms with Crippen molar-refractivity contribution < 1.29 is 4.39 Å². The van der Waals surface area contributed by atoms with Crippen molar-refractivity contribution in [3.05, 3.63) is 65.4 Å². The van der Waals surface area contributed by atoms with Crippen LogP contribution in [0.3, 0.4) is 0 Å². The van der Waals surface area contributed by atoms with E-state index in [0.29, 0.717) is 12.0 Å². The summed E-state index contributed by atoms with van der Waals surface area (Å²) in [5, 5.41) is 1.33. The van der Waals surface area contributed by atoms with E-state index in [1.807, 2.05) is 6.07 Å². The summed E-state index contributed by atoms with van der Waals surface area (Å²) in [6.07, 6.45) is 3.22. The molecule has 3 nitrogen and oxygen atoms in total. The molecule has 23 heavy (non-hydrogen) atoms. The molecule has 0 radical (unpaired) electrons. The molecular weight excluding hydrogens is 289 g/mol. The number of likely N-dealkylation sites (N-methyl/N-ethyl adjacent to an activating group) is 1. The Morgan fingerprint density at radius 1 is 1.17 bits per heavy atom. The molecule has 1 aliphatic heterocycles. The van der Waals surface area contributed by atoms with Gasteiger partial charge in [0.05, 0.1) is 0 Å². The highest BCUT2D eigenvalue weighted by Gasteiger charge is 2.22. The smallest absolute Gasteiger partial charge is 0.216 e. The van der Waals surface area contributed by atoms with Crippen LogP contribution in [0.1, 0.15) is 16.8 Å². The molecule has 1 aliphatic rings. The van der Waals surface area contributed by atoms with Gasteiger partial charge in [-0.15, -0.1) is 0 Å². The first-order valence-electron chi connectivity index (χ1n) is 8.11. The molecule has 3 aromatic rings. The lowest BCUT2D eigenvalue weighted by Crippen LogP contribution is -2.27. The molecule has 1 aromatic carbocycles. The molecule has 3 heterocycles. The number of aromatic nitrogens is 2. The zero-order chi connectivity index (χ0) is 15.8. The molecule has 0 N–H and O–H groups in total. The third-order valence-corrected chi connectivity index (χ3v) is 4.79. The lowest BCUT2D eigenvalue weighted by atomic mass is 10.1. The van der Waals surface area contributed by atoms with Gasteiger partial charge < -0.3 is 9.47 Å². The van der Waals surface area contributed by atoms with Gasteiger partial charge in [0.1, 0.15) is 0 Å². The molecule has 0 spiro atoms. The van der Waals surface area contributed by atoms with Crippen LogP contribution in [0.25, 0.3) is 10.9 Å². The minimum Gasteiger partial charge on any atom is -0.344 e. The normalized spacial score (nSPS) is 15.0. The molecule has 0 unspecified atom stereocenters. The number of para-hydroxylation sites is 1. The van der Waals surface area contributed by atoms with Crippen LogP contribution in [0.4, 0.5) is 4.39 Å². The molecule has 0 saturated heterocycles. The second-order valence-corrected chi connectivity index (χ2v) is 6.29. The quantitative estimate of drug-likeness (QED) is 0.691. The number of hydrogen-bond donors (Lipinski definition) is 0. The average molecular weight is 309 g/mol. The summed E-state index contributed by atoms with van der Waals surface area (Å²) in [6.45, 7) is 2.86. The van der Waals surface area contributed by atoms with Gasteiger partial charge in [-0.2, -0.15) is 4.39 Å². The molecule has 118 valence electrons. The van der Waals surface area contributed by atoms with Gasteiger partial charge in [0.25, 0.3) is 0 Å². The minimum atomic E-state index is -0.349. The Labute approximate surface area is 135 Å². The van der Waals surface area contributed by atoms with E-state index in [0.717, 1.165) is 26.1 Å². The van der Waals surface area contributed by atoms with Crippen LogP contribution in [0.2, 0.25) is 0 Å². The van der Waals surface area contributed by atoms with Gasteiger partial charge in [-0.25, -0.2) is 4.98 Å². The van der Waals surface area contributed by atoms with Gasteiger partial charge in [-0.3, -0.25) is 0 Å². The van der Waals surface area contributed by atoms with Crippen molar-refractivity contribution in [2.75, 3.05) is 13.6 Å². The maximum Gasteiger partial charge on any atom is 0.216 e. The number of aryl methyl sites for hydroxylation is 2. The van der Waals surface area contributed by atoms with E-state index >= 15 is 0 Å². The van der Waals surface area contributed by atoms with Crippen LogP contribution in [-0.4, -0.2) is 28.0 Å². The van der Waals surface area contributed by atoms with Crippen LogP contribution in [0, 0.1) is 5.95 Å². The summed E-state index contributed by atoms with van der Waals surface area (Å²) in [4.78, 5) is 6.12. The Bertz CT molecular complexity index is 853. The molecule has 0 saturated carbocycles. The van der Waals surface area contributed by atoms with Crippen LogP contribution >= 0.6 is 0 Å². The summed E-state index contributed by atoms with van der Waals surface area (Å²) in [6, 6.07) is 12.2. The lowest BCUT2D eigenvalue weighted by molar-refractivity contribution is 0.309. The van der Waals surface area contributed by atoms with Crippen LogP contribution in [0.5, 0.6) is 0 Å². The Balaban J connectivity index is 1.74. The van der Waals surface area contributed by atoms with Gasteiger partial charge in [-0.05, 0) is 31.2 Å². The zero-order valence-electron chi connectivity index (χ0n) is 13.3. The van der Waals surface area contributed by atoms with Crippen molar-refractivity contribution in [1.29, 1.82) is 0 Å². The minimum absolute atomic E-state index is 0.349. The maximum atomic E-state index is 13.8. The third kappa shape index (κ3) is 2.53. The van der Waals surface area contributed by atoms with Crippen molar-refractivity contribution in [2.24, 2.45) is 0 Å². The maximum absolute atomic E-state index is 13.8. The number of benzene rings is 1. The molecule has 0 atom stereocenters. The van der Waals surface area contributed by atoms with Crippen LogP contribution < -0.4 is 0 Å². The van der Waals surface area contributed by atoms with Crippen molar-refractivity contribution in [1.82, 2.24) is 14.5 Å². The summed E-state index contributed by atoms with van der Waals surface area (Å²) in [5.41, 5.74) is 4.79. The van der Waals surface area contributed by atoms with Gasteiger partial charge in [-0.1, -0.05) is 24.3 Å². The van der Waals surface area contributed by atoms with E-state index < -0.39 is 0 Å². The number of pyridine rings is 1. The van der Waals surface area contributed by atoms with Gasteiger partial charge in [0, 0.05) is 54.4 Å². The number of hydrogen-bond acceptors (Lipinski definition) is 2. The van der Waals surface area contributed by atoms with Crippen molar-refractivity contribution >= 4 is 10.9 Å². The zero-order valence-corrected chi connectivity index (χ0v) is 13.3. The number of fused-ring (bicyclic) bond motifs is 3. The molecule has 4 heteroatoms. The van der Waals surface area contributed by atoms with E-state index in [1.54, 1.807) is 6.07 Å². The topological polar surface area (TPSA) is 21.1 Å². The summed E-state index contributed by atoms with van der Waals surface area (Å²) >= 11 is 0. The lowest BCUT2D eigenvalue weighted by Gasteiger charge is -2.24. The Morgan fingerprint density at radius 2 is 2.04 bits per heavy atom. The molecular formula is C19H20FN3. The first-order chi connectivity index (χ1) is 11.2. The Kier molecular flexibility index (Phi) is 3.62. The molecule has 0 fully saturated rings. The predicted molar refractivity (Wildman–Crippen MR) is 89.9 cm³/mol. The van der Waals surface area contributed by atoms with Gasteiger partial charge in [0.15, 0.2) is 0 Å². The van der Waals surface area contributed by atoms with Crippen molar-refractivity contribution in [2.45, 2.75) is 25.9 Å². The molecule has 4 rings (SSSR count). The van der Waals surface area contributed by atoms with E-state index in [-0.39, 0.29) is 5.95 Å². The van der Waals surface area contributed by atoms with E-state index in [4.69, 9.17) is 0 Å². The monoisotopic (exact) mass is 309 g/mol. The molecule has 0 aliphatic carbocycles. The highest BCUT2D eigenvalue weighted by molar-refractivity contribution is 5.85. The SMILES string of the molecule is CN1CCc2c(c3ccccc3n2CCc2cccnc2F)C1. The predicted octanol–water partition coefficient (Wildman–Crippen LogP) is 3.41. The standard InChI is InChI=1S/C19H20FN3/c1-22-11-9-18-16(13-22)15-6-2-3-7-17(15)23(18)12-8-14-5-4-10-21-19(14)20/h2-7,10H,8-9,11-13H2,1H3. The number of rotatable bonds is 3. The molecule has 0 amide bonds. The fraction of sp³-hybridized carbons (Fsp3) is 0.316. The summed E-state index contributed by atoms with van der Waals surface area (Å²) < 4.78 is 16.2. The number of nitrogens with zero attached hydrogens (tertiary/aromatic N) is 3. The fourth-order valence-electron chi connectivity index (χ4n) is 3.63. The summed E-state index contributed by atoms with van der Waals surface area (Å²) in [7, 11) is 2.17. The molecule has 0 bridgehead atoms. The first kappa shape index (κ1) is 14.4.